The Bertz CT molecular complexity index is 1330. The van der Waals surface area contributed by atoms with E-state index >= 15 is 0 Å². The van der Waals surface area contributed by atoms with Gasteiger partial charge in [-0.2, -0.15) is 10.5 Å². The van der Waals surface area contributed by atoms with E-state index in [4.69, 9.17) is 11.6 Å². The lowest BCUT2D eigenvalue weighted by molar-refractivity contribution is 0.975. The molecular weight excluding hydrogens is 390 g/mol. The van der Waals surface area contributed by atoms with Crippen molar-refractivity contribution in [2.45, 2.75) is 20.8 Å². The number of rotatable bonds is 2. The number of nitriles is 2. The predicted octanol–water partition coefficient (Wildman–Crippen LogP) is 3.50. The van der Waals surface area contributed by atoms with E-state index in [2.05, 4.69) is 0 Å². The fourth-order valence-corrected chi connectivity index (χ4v) is 4.16. The molecule has 0 saturated heterocycles. The highest BCUT2D eigenvalue weighted by Crippen LogP contribution is 2.20. The van der Waals surface area contributed by atoms with Crippen LogP contribution in [0.25, 0.3) is 17.3 Å². The zero-order chi connectivity index (χ0) is 20.4. The smallest absolute Gasteiger partial charge is 0.267 e. The minimum absolute atomic E-state index is 0.109. The maximum Gasteiger partial charge on any atom is 0.273 e. The van der Waals surface area contributed by atoms with Crippen LogP contribution < -0.4 is 14.8 Å². The molecule has 0 amide bonds. The number of hydrogen-bond acceptors (Lipinski definition) is 4. The first-order chi connectivity index (χ1) is 13.4. The lowest BCUT2D eigenvalue weighted by Gasteiger charge is -2.07. The van der Waals surface area contributed by atoms with Gasteiger partial charge in [-0.1, -0.05) is 41.4 Å². The zero-order valence-corrected chi connectivity index (χ0v) is 17.1. The van der Waals surface area contributed by atoms with Crippen molar-refractivity contribution in [1.82, 2.24) is 4.57 Å². The van der Waals surface area contributed by atoms with Crippen LogP contribution in [0.1, 0.15) is 22.3 Å². The molecule has 3 rings (SSSR count). The monoisotopic (exact) mass is 405 g/mol. The summed E-state index contributed by atoms with van der Waals surface area (Å²) in [6.45, 7) is 5.79. The second-order valence-electron chi connectivity index (χ2n) is 6.40. The second-order valence-corrected chi connectivity index (χ2v) is 7.84. The van der Waals surface area contributed by atoms with E-state index < -0.39 is 0 Å². The first kappa shape index (κ1) is 19.6. The number of nitrogens with zero attached hydrogens (tertiary/aromatic N) is 3. The molecule has 0 aliphatic carbocycles. The fraction of sp³-hybridized carbons (Fsp3) is 0.136. The topological polar surface area (TPSA) is 69.6 Å². The van der Waals surface area contributed by atoms with Crippen molar-refractivity contribution in [2.24, 2.45) is 0 Å². The van der Waals surface area contributed by atoms with Crippen molar-refractivity contribution >= 4 is 34.6 Å². The summed E-state index contributed by atoms with van der Waals surface area (Å²) in [6.07, 6.45) is 1.80. The highest BCUT2D eigenvalue weighted by molar-refractivity contribution is 7.07. The molecule has 1 aromatic heterocycles. The fourth-order valence-electron chi connectivity index (χ4n) is 2.96. The number of hydrogen-bond donors (Lipinski definition) is 0. The zero-order valence-electron chi connectivity index (χ0n) is 15.6. The van der Waals surface area contributed by atoms with Crippen LogP contribution >= 0.6 is 22.9 Å². The third kappa shape index (κ3) is 3.51. The van der Waals surface area contributed by atoms with Crippen molar-refractivity contribution in [3.8, 4) is 17.8 Å². The summed E-state index contributed by atoms with van der Waals surface area (Å²) in [4.78, 5) is 13.2. The standard InChI is InChI=1S/C22H16ClN3OS/c1-13-7-8-16(14(2)9-13)10-20-21(27)26(22(28-20)17(11-24)12-25)19-6-4-5-18(23)15(19)3/h4-10H,1-3H3/b20-10-. The summed E-state index contributed by atoms with van der Waals surface area (Å²) < 4.78 is 2.16. The van der Waals surface area contributed by atoms with Crippen molar-refractivity contribution in [3.63, 3.8) is 0 Å². The highest BCUT2D eigenvalue weighted by atomic mass is 35.5. The van der Waals surface area contributed by atoms with Gasteiger partial charge >= 0.3 is 0 Å². The van der Waals surface area contributed by atoms with E-state index in [0.717, 1.165) is 28.0 Å². The van der Waals surface area contributed by atoms with Gasteiger partial charge in [0.05, 0.1) is 10.2 Å². The third-order valence-corrected chi connectivity index (χ3v) is 5.95. The molecule has 0 spiro atoms. The molecular formula is C22H16ClN3OS. The van der Waals surface area contributed by atoms with Gasteiger partial charge < -0.3 is 0 Å². The van der Waals surface area contributed by atoms with Gasteiger partial charge in [0.25, 0.3) is 5.56 Å². The molecule has 0 aliphatic heterocycles. The van der Waals surface area contributed by atoms with Crippen LogP contribution in [-0.2, 0) is 0 Å². The van der Waals surface area contributed by atoms with Gasteiger partial charge in [0.1, 0.15) is 16.8 Å². The van der Waals surface area contributed by atoms with Gasteiger partial charge in [0.15, 0.2) is 5.57 Å². The van der Waals surface area contributed by atoms with Gasteiger partial charge in [-0.15, -0.1) is 11.3 Å². The molecule has 28 heavy (non-hydrogen) atoms. The Labute approximate surface area is 171 Å². The SMILES string of the molecule is Cc1ccc(/C=c2\sc(=C(C#N)C#N)n(-c3cccc(Cl)c3C)c2=O)c(C)c1. The first-order valence-electron chi connectivity index (χ1n) is 8.48. The van der Waals surface area contributed by atoms with Crippen LogP contribution in [0.4, 0.5) is 0 Å². The van der Waals surface area contributed by atoms with Crippen LogP contribution in [0.3, 0.4) is 0 Å². The Morgan fingerprint density at radius 1 is 1.14 bits per heavy atom. The molecule has 2 aromatic carbocycles. The first-order valence-corrected chi connectivity index (χ1v) is 9.67. The Morgan fingerprint density at radius 3 is 2.50 bits per heavy atom. The molecule has 0 unspecified atom stereocenters. The van der Waals surface area contributed by atoms with E-state index in [0.29, 0.717) is 25.5 Å². The van der Waals surface area contributed by atoms with Gasteiger partial charge in [-0.25, -0.2) is 0 Å². The minimum atomic E-state index is -0.284. The second kappa shape index (κ2) is 7.86. The molecule has 6 heteroatoms. The van der Waals surface area contributed by atoms with Crippen molar-refractivity contribution in [3.05, 3.63) is 83.2 Å². The number of benzene rings is 2. The van der Waals surface area contributed by atoms with E-state index in [1.807, 2.05) is 44.2 Å². The third-order valence-electron chi connectivity index (χ3n) is 4.45. The van der Waals surface area contributed by atoms with E-state index in [-0.39, 0.29) is 11.1 Å². The Balaban J connectivity index is 2.45. The molecule has 0 N–H and O–H groups in total. The predicted molar refractivity (Wildman–Crippen MR) is 113 cm³/mol. The maximum atomic E-state index is 13.2. The average molecular weight is 406 g/mol. The summed E-state index contributed by atoms with van der Waals surface area (Å²) in [5.41, 5.74) is 3.98. The summed E-state index contributed by atoms with van der Waals surface area (Å²) in [7, 11) is 0. The van der Waals surface area contributed by atoms with E-state index in [9.17, 15) is 15.3 Å². The lowest BCUT2D eigenvalue weighted by atomic mass is 10.1. The molecule has 0 atom stereocenters. The number of aryl methyl sites for hydroxylation is 2. The molecule has 0 radical (unpaired) electrons. The number of halogens is 1. The van der Waals surface area contributed by atoms with Crippen LogP contribution in [0, 0.1) is 43.4 Å². The maximum absolute atomic E-state index is 13.2. The molecule has 1 heterocycles. The Kier molecular flexibility index (Phi) is 5.51. The van der Waals surface area contributed by atoms with E-state index in [1.165, 1.54) is 4.57 Å². The molecule has 3 aromatic rings. The van der Waals surface area contributed by atoms with Crippen LogP contribution in [0.2, 0.25) is 5.02 Å². The van der Waals surface area contributed by atoms with Gasteiger partial charge in [0, 0.05) is 5.02 Å². The summed E-state index contributed by atoms with van der Waals surface area (Å²) in [5.74, 6) is 0. The Hall–Kier alpha value is -3.12. The van der Waals surface area contributed by atoms with Crippen LogP contribution in [-0.4, -0.2) is 4.57 Å². The molecule has 138 valence electrons. The molecule has 0 saturated carbocycles. The van der Waals surface area contributed by atoms with Gasteiger partial charge in [0.2, 0.25) is 0 Å². The van der Waals surface area contributed by atoms with E-state index in [1.54, 1.807) is 31.2 Å². The lowest BCUT2D eigenvalue weighted by Crippen LogP contribution is -2.31. The summed E-state index contributed by atoms with van der Waals surface area (Å²) in [6, 6.07) is 15.0. The van der Waals surface area contributed by atoms with Gasteiger partial charge in [-0.05, 0) is 55.7 Å². The molecule has 0 fully saturated rings. The largest absolute Gasteiger partial charge is 0.273 e. The highest BCUT2D eigenvalue weighted by Gasteiger charge is 2.14. The Morgan fingerprint density at radius 2 is 1.86 bits per heavy atom. The van der Waals surface area contributed by atoms with Crippen molar-refractivity contribution in [2.75, 3.05) is 0 Å². The average Bonchev–Trinajstić information content (AvgIpc) is 2.97. The minimum Gasteiger partial charge on any atom is -0.267 e. The van der Waals surface area contributed by atoms with Crippen LogP contribution in [0.5, 0.6) is 0 Å². The quantitative estimate of drug-likeness (QED) is 0.655. The number of aromatic nitrogens is 1. The van der Waals surface area contributed by atoms with Gasteiger partial charge in [-0.3, -0.25) is 9.36 Å². The summed E-state index contributed by atoms with van der Waals surface area (Å²) >= 11 is 7.36. The molecule has 0 aliphatic rings. The summed E-state index contributed by atoms with van der Waals surface area (Å²) in [5, 5.41) is 19.3. The van der Waals surface area contributed by atoms with Crippen molar-refractivity contribution in [1.29, 1.82) is 10.5 Å². The van der Waals surface area contributed by atoms with Crippen LogP contribution in [0.15, 0.2) is 41.2 Å². The van der Waals surface area contributed by atoms with Crippen molar-refractivity contribution < 1.29 is 0 Å². The molecule has 0 bridgehead atoms. The number of thiazole rings is 1. The normalized spacial score (nSPS) is 11.1. The molecule has 4 nitrogen and oxygen atoms in total.